The molecule has 0 atom stereocenters. The van der Waals surface area contributed by atoms with E-state index in [9.17, 15) is 18.5 Å². The smallest absolute Gasteiger partial charge is 0.289 e. The average molecular weight is 348 g/mol. The van der Waals surface area contributed by atoms with Crippen molar-refractivity contribution in [3.8, 4) is 0 Å². The van der Waals surface area contributed by atoms with Gasteiger partial charge in [-0.05, 0) is 12.1 Å². The van der Waals surface area contributed by atoms with E-state index in [2.05, 4.69) is 30.3 Å². The second-order valence-corrected chi connectivity index (χ2v) is 5.95. The van der Waals surface area contributed by atoms with Crippen molar-refractivity contribution >= 4 is 37.3 Å². The van der Waals surface area contributed by atoms with Crippen molar-refractivity contribution in [2.75, 3.05) is 4.72 Å². The zero-order valence-electron chi connectivity index (χ0n) is 9.11. The SMILES string of the molecule is O=[N+]([O-])c1ccc(Br)cc1S(=O)(=O)Nc1cnoc1. The molecule has 0 unspecified atom stereocenters. The van der Waals surface area contributed by atoms with Crippen LogP contribution in [0.3, 0.4) is 0 Å². The van der Waals surface area contributed by atoms with Crippen LogP contribution in [0.25, 0.3) is 0 Å². The average Bonchev–Trinajstić information content (AvgIpc) is 2.80. The van der Waals surface area contributed by atoms with Crippen LogP contribution >= 0.6 is 15.9 Å². The lowest BCUT2D eigenvalue weighted by atomic mass is 10.3. The second kappa shape index (κ2) is 4.97. The van der Waals surface area contributed by atoms with Crippen molar-refractivity contribution in [3.63, 3.8) is 0 Å². The molecule has 19 heavy (non-hydrogen) atoms. The maximum absolute atomic E-state index is 12.1. The fraction of sp³-hybridized carbons (Fsp3) is 0. The lowest BCUT2D eigenvalue weighted by molar-refractivity contribution is -0.387. The third-order valence-corrected chi connectivity index (χ3v) is 4.00. The lowest BCUT2D eigenvalue weighted by Crippen LogP contribution is -2.14. The molecule has 10 heteroatoms. The molecule has 0 saturated carbocycles. The Morgan fingerprint density at radius 2 is 2.16 bits per heavy atom. The molecule has 1 N–H and O–H groups in total. The van der Waals surface area contributed by atoms with Gasteiger partial charge in [-0.25, -0.2) is 8.42 Å². The van der Waals surface area contributed by atoms with E-state index < -0.39 is 25.5 Å². The van der Waals surface area contributed by atoms with Gasteiger partial charge < -0.3 is 4.52 Å². The standard InChI is InChI=1S/C9H6BrN3O5S/c10-6-1-2-8(13(14)15)9(3-6)19(16,17)12-7-4-11-18-5-7/h1-5,12H. The summed E-state index contributed by atoms with van der Waals surface area (Å²) in [7, 11) is -4.10. The summed E-state index contributed by atoms with van der Waals surface area (Å²) in [5, 5.41) is 14.2. The van der Waals surface area contributed by atoms with Crippen LogP contribution in [-0.2, 0) is 10.0 Å². The third kappa shape index (κ3) is 2.90. The molecule has 0 aliphatic rings. The van der Waals surface area contributed by atoms with Gasteiger partial charge in [0.25, 0.3) is 15.7 Å². The van der Waals surface area contributed by atoms with Crippen molar-refractivity contribution in [3.05, 3.63) is 45.2 Å². The molecule has 0 radical (unpaired) electrons. The minimum atomic E-state index is -4.10. The van der Waals surface area contributed by atoms with Crippen LogP contribution in [0.5, 0.6) is 0 Å². The number of sulfonamides is 1. The highest BCUT2D eigenvalue weighted by atomic mass is 79.9. The number of aromatic nitrogens is 1. The van der Waals surface area contributed by atoms with Gasteiger partial charge in [-0.15, -0.1) is 0 Å². The summed E-state index contributed by atoms with van der Waals surface area (Å²) in [6.07, 6.45) is 2.21. The van der Waals surface area contributed by atoms with Gasteiger partial charge in [0, 0.05) is 10.5 Å². The highest BCUT2D eigenvalue weighted by molar-refractivity contribution is 9.10. The van der Waals surface area contributed by atoms with Gasteiger partial charge in [-0.1, -0.05) is 21.1 Å². The molecule has 8 nitrogen and oxygen atoms in total. The van der Waals surface area contributed by atoms with Gasteiger partial charge in [-0.3, -0.25) is 14.8 Å². The predicted octanol–water partition coefficient (Wildman–Crippen LogP) is 2.15. The second-order valence-electron chi connectivity index (χ2n) is 3.39. The summed E-state index contributed by atoms with van der Waals surface area (Å²) in [5.74, 6) is 0. The highest BCUT2D eigenvalue weighted by Gasteiger charge is 2.26. The Morgan fingerprint density at radius 1 is 1.42 bits per heavy atom. The molecule has 1 aromatic carbocycles. The van der Waals surface area contributed by atoms with Crippen molar-refractivity contribution < 1.29 is 17.9 Å². The monoisotopic (exact) mass is 347 g/mol. The largest absolute Gasteiger partial charge is 0.362 e. The summed E-state index contributed by atoms with van der Waals surface area (Å²) < 4.78 is 31.2. The Hall–Kier alpha value is -1.94. The van der Waals surface area contributed by atoms with Gasteiger partial charge in [0.05, 0.1) is 11.1 Å². The van der Waals surface area contributed by atoms with Crippen LogP contribution < -0.4 is 4.72 Å². The number of hydrogen-bond donors (Lipinski definition) is 1. The van der Waals surface area contributed by atoms with Crippen molar-refractivity contribution in [2.45, 2.75) is 4.90 Å². The molecular formula is C9H6BrN3O5S. The Morgan fingerprint density at radius 3 is 2.74 bits per heavy atom. The van der Waals surface area contributed by atoms with Gasteiger partial charge in [0.15, 0.2) is 4.90 Å². The van der Waals surface area contributed by atoms with E-state index in [0.29, 0.717) is 4.47 Å². The van der Waals surface area contributed by atoms with E-state index in [1.807, 2.05) is 0 Å². The topological polar surface area (TPSA) is 115 Å². The first-order chi connectivity index (χ1) is 8.90. The van der Waals surface area contributed by atoms with E-state index in [-0.39, 0.29) is 5.69 Å². The number of rotatable bonds is 4. The Balaban J connectivity index is 2.50. The Kier molecular flexibility index (Phi) is 3.53. The zero-order chi connectivity index (χ0) is 14.0. The maximum atomic E-state index is 12.1. The fourth-order valence-corrected chi connectivity index (χ4v) is 3.05. The third-order valence-electron chi connectivity index (χ3n) is 2.09. The van der Waals surface area contributed by atoms with Crippen molar-refractivity contribution in [1.82, 2.24) is 5.16 Å². The molecule has 0 amide bonds. The summed E-state index contributed by atoms with van der Waals surface area (Å²) in [6, 6.07) is 3.64. The first-order valence-electron chi connectivity index (χ1n) is 4.76. The number of nitrogens with one attached hydrogen (secondary N) is 1. The minimum Gasteiger partial charge on any atom is -0.362 e. The van der Waals surface area contributed by atoms with E-state index in [1.54, 1.807) is 0 Å². The molecule has 2 rings (SSSR count). The molecule has 0 aliphatic carbocycles. The van der Waals surface area contributed by atoms with E-state index in [1.165, 1.54) is 6.07 Å². The van der Waals surface area contributed by atoms with Crippen LogP contribution in [0.15, 0.2) is 44.6 Å². The summed E-state index contributed by atoms with van der Waals surface area (Å²) in [6.45, 7) is 0. The molecule has 0 saturated heterocycles. The van der Waals surface area contributed by atoms with Gasteiger partial charge in [-0.2, -0.15) is 0 Å². The van der Waals surface area contributed by atoms with Crippen LogP contribution in [-0.4, -0.2) is 18.5 Å². The number of benzene rings is 1. The molecule has 0 spiro atoms. The first-order valence-corrected chi connectivity index (χ1v) is 7.04. The number of nitro groups is 1. The lowest BCUT2D eigenvalue weighted by Gasteiger charge is -2.06. The zero-order valence-corrected chi connectivity index (χ0v) is 11.5. The van der Waals surface area contributed by atoms with E-state index in [0.717, 1.165) is 24.6 Å². The maximum Gasteiger partial charge on any atom is 0.289 e. The number of nitro benzene ring substituents is 1. The minimum absolute atomic E-state index is 0.0780. The number of hydrogen-bond acceptors (Lipinski definition) is 6. The van der Waals surface area contributed by atoms with Gasteiger partial charge in [0.1, 0.15) is 12.0 Å². The summed E-state index contributed by atoms with van der Waals surface area (Å²) in [5.41, 5.74) is -0.443. The quantitative estimate of drug-likeness (QED) is 0.669. The van der Waals surface area contributed by atoms with Gasteiger partial charge in [0.2, 0.25) is 0 Å². The van der Waals surface area contributed by atoms with Crippen LogP contribution in [0.2, 0.25) is 0 Å². The van der Waals surface area contributed by atoms with Gasteiger partial charge >= 0.3 is 0 Å². The number of anilines is 1. The van der Waals surface area contributed by atoms with Crippen molar-refractivity contribution in [2.24, 2.45) is 0 Å². The number of nitrogens with zero attached hydrogens (tertiary/aromatic N) is 2. The molecule has 2 aromatic rings. The molecule has 100 valence electrons. The Bertz CT molecular complexity index is 713. The van der Waals surface area contributed by atoms with Crippen LogP contribution in [0, 0.1) is 10.1 Å². The predicted molar refractivity (Wildman–Crippen MR) is 68.1 cm³/mol. The van der Waals surface area contributed by atoms with Crippen molar-refractivity contribution in [1.29, 1.82) is 0 Å². The number of halogens is 1. The molecule has 0 fully saturated rings. The van der Waals surface area contributed by atoms with Crippen LogP contribution in [0.1, 0.15) is 0 Å². The first kappa shape index (κ1) is 13.5. The highest BCUT2D eigenvalue weighted by Crippen LogP contribution is 2.28. The Labute approximate surface area is 115 Å². The van der Waals surface area contributed by atoms with E-state index in [4.69, 9.17) is 0 Å². The normalized spacial score (nSPS) is 11.2. The molecule has 0 aliphatic heterocycles. The molecule has 0 bridgehead atoms. The summed E-state index contributed by atoms with van der Waals surface area (Å²) >= 11 is 3.07. The van der Waals surface area contributed by atoms with E-state index >= 15 is 0 Å². The molecule has 1 heterocycles. The summed E-state index contributed by atoms with van der Waals surface area (Å²) in [4.78, 5) is 9.63. The van der Waals surface area contributed by atoms with Crippen LogP contribution in [0.4, 0.5) is 11.4 Å². The molecule has 1 aromatic heterocycles. The molecular weight excluding hydrogens is 342 g/mol. The fourth-order valence-electron chi connectivity index (χ4n) is 1.32.